The smallest absolute Gasteiger partial charge is 0.503 e. The molecule has 9 heteroatoms. The van der Waals surface area contributed by atoms with Crippen molar-refractivity contribution < 1.29 is 36.5 Å². The van der Waals surface area contributed by atoms with Gasteiger partial charge in [-0.15, -0.1) is 13.2 Å². The first-order chi connectivity index (χ1) is 7.74. The van der Waals surface area contributed by atoms with Crippen molar-refractivity contribution in [3.8, 4) is 17.5 Å². The fraction of sp³-hybridized carbons (Fsp3) is 0.375. The number of aromatic hydroxyl groups is 1. The predicted octanol–water partition coefficient (Wildman–Crippen LogP) is 2.63. The summed E-state index contributed by atoms with van der Waals surface area (Å²) in [6.45, 7) is 0. The Hall–Kier alpha value is -1.80. The summed E-state index contributed by atoms with van der Waals surface area (Å²) in [4.78, 5) is 3.07. The van der Waals surface area contributed by atoms with E-state index < -0.39 is 35.9 Å². The van der Waals surface area contributed by atoms with Gasteiger partial charge in [0.25, 0.3) is 12.3 Å². The van der Waals surface area contributed by atoms with Crippen molar-refractivity contribution in [3.05, 3.63) is 11.6 Å². The number of pyridine rings is 1. The molecule has 0 aliphatic rings. The highest BCUT2D eigenvalue weighted by Gasteiger charge is 2.34. The summed E-state index contributed by atoms with van der Waals surface area (Å²) in [5.41, 5.74) is -1.06. The summed E-state index contributed by atoms with van der Waals surface area (Å²) >= 11 is 0. The van der Waals surface area contributed by atoms with Gasteiger partial charge in [-0.05, 0) is 0 Å². The molecule has 1 aromatic heterocycles. The van der Waals surface area contributed by atoms with E-state index in [-0.39, 0.29) is 0 Å². The number of halogens is 5. The number of aromatic nitrogens is 1. The minimum Gasteiger partial charge on any atom is -0.503 e. The van der Waals surface area contributed by atoms with Crippen LogP contribution in [0.4, 0.5) is 22.0 Å². The van der Waals surface area contributed by atoms with E-state index >= 15 is 0 Å². The van der Waals surface area contributed by atoms with E-state index in [1.807, 2.05) is 0 Å². The van der Waals surface area contributed by atoms with E-state index in [0.717, 1.165) is 7.11 Å². The first-order valence-corrected chi connectivity index (χ1v) is 4.06. The maximum atomic E-state index is 12.4. The van der Waals surface area contributed by atoms with E-state index in [0.29, 0.717) is 6.07 Å². The fourth-order valence-electron chi connectivity index (χ4n) is 0.962. The fourth-order valence-corrected chi connectivity index (χ4v) is 0.962. The van der Waals surface area contributed by atoms with Crippen LogP contribution in [-0.2, 0) is 0 Å². The predicted molar refractivity (Wildman–Crippen MR) is 44.1 cm³/mol. The SMILES string of the molecule is COc1cc(C(F)F)c(O)c(OC(F)(F)F)n1. The molecule has 0 atom stereocenters. The standard InChI is InChI=1S/C8H6F5NO3/c1-16-4-2-3(6(9)10)5(15)7(14-4)17-8(11,12)13/h2,6,15H,1H3. The van der Waals surface area contributed by atoms with Gasteiger partial charge in [0.2, 0.25) is 5.88 Å². The zero-order valence-corrected chi connectivity index (χ0v) is 8.26. The van der Waals surface area contributed by atoms with Crippen LogP contribution in [0.25, 0.3) is 0 Å². The molecule has 0 unspecified atom stereocenters. The third-order valence-corrected chi connectivity index (χ3v) is 1.62. The number of hydrogen-bond donors (Lipinski definition) is 1. The Morgan fingerprint density at radius 2 is 1.94 bits per heavy atom. The number of ether oxygens (including phenoxy) is 2. The lowest BCUT2D eigenvalue weighted by Crippen LogP contribution is -2.18. The molecule has 0 fully saturated rings. The maximum absolute atomic E-state index is 12.4. The van der Waals surface area contributed by atoms with Gasteiger partial charge in [0.15, 0.2) is 5.75 Å². The van der Waals surface area contributed by atoms with Crippen LogP contribution in [-0.4, -0.2) is 23.6 Å². The second-order valence-corrected chi connectivity index (χ2v) is 2.76. The zero-order valence-electron chi connectivity index (χ0n) is 8.26. The molecule has 17 heavy (non-hydrogen) atoms. The summed E-state index contributed by atoms with van der Waals surface area (Å²) < 4.78 is 68.1. The van der Waals surface area contributed by atoms with Crippen molar-refractivity contribution in [1.29, 1.82) is 0 Å². The molecule has 0 bridgehead atoms. The minimum atomic E-state index is -5.16. The molecule has 4 nitrogen and oxygen atoms in total. The molecular weight excluding hydrogens is 253 g/mol. The van der Waals surface area contributed by atoms with Crippen molar-refractivity contribution in [2.45, 2.75) is 12.8 Å². The molecule has 0 radical (unpaired) electrons. The van der Waals surface area contributed by atoms with E-state index in [1.165, 1.54) is 0 Å². The highest BCUT2D eigenvalue weighted by Crippen LogP contribution is 2.39. The molecule has 1 rings (SSSR count). The lowest BCUT2D eigenvalue weighted by Gasteiger charge is -2.12. The van der Waals surface area contributed by atoms with Crippen LogP contribution in [0.1, 0.15) is 12.0 Å². The van der Waals surface area contributed by atoms with E-state index in [1.54, 1.807) is 0 Å². The molecule has 0 aromatic carbocycles. The zero-order chi connectivity index (χ0) is 13.2. The normalized spacial score (nSPS) is 11.7. The molecule has 0 saturated heterocycles. The topological polar surface area (TPSA) is 51.6 Å². The molecule has 0 aliphatic carbocycles. The number of alkyl halides is 5. The Morgan fingerprint density at radius 3 is 2.35 bits per heavy atom. The highest BCUT2D eigenvalue weighted by atomic mass is 19.4. The molecule has 1 aromatic rings. The van der Waals surface area contributed by atoms with Gasteiger partial charge < -0.3 is 14.6 Å². The number of nitrogens with zero attached hydrogens (tertiary/aromatic N) is 1. The Balaban J connectivity index is 3.24. The summed E-state index contributed by atoms with van der Waals surface area (Å²) in [6, 6.07) is 0.614. The minimum absolute atomic E-state index is 0.530. The van der Waals surface area contributed by atoms with Crippen LogP contribution in [0.2, 0.25) is 0 Å². The van der Waals surface area contributed by atoms with Crippen molar-refractivity contribution >= 4 is 0 Å². The molecule has 0 spiro atoms. The lowest BCUT2D eigenvalue weighted by molar-refractivity contribution is -0.276. The van der Waals surface area contributed by atoms with Gasteiger partial charge in [0, 0.05) is 6.07 Å². The van der Waals surface area contributed by atoms with Crippen LogP contribution in [0.3, 0.4) is 0 Å². The van der Waals surface area contributed by atoms with Gasteiger partial charge in [-0.2, -0.15) is 4.98 Å². The summed E-state index contributed by atoms with van der Waals surface area (Å²) in [6.07, 6.45) is -8.35. The molecular formula is C8H6F5NO3. The van der Waals surface area contributed by atoms with Gasteiger partial charge in [0.05, 0.1) is 12.7 Å². The second kappa shape index (κ2) is 4.60. The van der Waals surface area contributed by atoms with Crippen molar-refractivity contribution in [1.82, 2.24) is 4.98 Å². The van der Waals surface area contributed by atoms with Gasteiger partial charge >= 0.3 is 6.36 Å². The molecule has 0 aliphatic heterocycles. The van der Waals surface area contributed by atoms with Crippen molar-refractivity contribution in [2.75, 3.05) is 7.11 Å². The quantitative estimate of drug-likeness (QED) is 0.848. The van der Waals surface area contributed by atoms with E-state index in [4.69, 9.17) is 5.11 Å². The van der Waals surface area contributed by atoms with Crippen LogP contribution in [0.5, 0.6) is 17.5 Å². The Labute approximate surface area is 91.6 Å². The van der Waals surface area contributed by atoms with Gasteiger partial charge in [-0.25, -0.2) is 8.78 Å². The largest absolute Gasteiger partial charge is 0.574 e. The molecule has 1 heterocycles. The lowest BCUT2D eigenvalue weighted by atomic mass is 10.2. The van der Waals surface area contributed by atoms with E-state index in [9.17, 15) is 22.0 Å². The third kappa shape index (κ3) is 3.33. The van der Waals surface area contributed by atoms with Crippen molar-refractivity contribution in [3.63, 3.8) is 0 Å². The molecule has 0 saturated carbocycles. The Bertz CT molecular complexity index is 407. The second-order valence-electron chi connectivity index (χ2n) is 2.76. The summed E-state index contributed by atoms with van der Waals surface area (Å²) in [5, 5.41) is 9.12. The highest BCUT2D eigenvalue weighted by molar-refractivity contribution is 5.44. The first kappa shape index (κ1) is 13.3. The summed E-state index contributed by atoms with van der Waals surface area (Å²) in [5.74, 6) is -3.29. The van der Waals surface area contributed by atoms with Crippen molar-refractivity contribution in [2.24, 2.45) is 0 Å². The maximum Gasteiger partial charge on any atom is 0.574 e. The first-order valence-electron chi connectivity index (χ1n) is 4.06. The Morgan fingerprint density at radius 1 is 1.35 bits per heavy atom. The van der Waals surface area contributed by atoms with E-state index in [2.05, 4.69) is 14.5 Å². The van der Waals surface area contributed by atoms with Gasteiger partial charge in [-0.1, -0.05) is 0 Å². The van der Waals surface area contributed by atoms with Crippen LogP contribution >= 0.6 is 0 Å². The van der Waals surface area contributed by atoms with Gasteiger partial charge in [0.1, 0.15) is 0 Å². The molecule has 1 N–H and O–H groups in total. The third-order valence-electron chi connectivity index (χ3n) is 1.62. The van der Waals surface area contributed by atoms with Crippen LogP contribution in [0, 0.1) is 0 Å². The van der Waals surface area contributed by atoms with Crippen LogP contribution < -0.4 is 9.47 Å². The number of hydrogen-bond acceptors (Lipinski definition) is 4. The molecule has 96 valence electrons. The monoisotopic (exact) mass is 259 g/mol. The van der Waals surface area contributed by atoms with Crippen LogP contribution in [0.15, 0.2) is 6.07 Å². The Kier molecular flexibility index (Phi) is 3.59. The number of rotatable bonds is 3. The van der Waals surface area contributed by atoms with Gasteiger partial charge in [-0.3, -0.25) is 0 Å². The summed E-state index contributed by atoms with van der Waals surface area (Å²) in [7, 11) is 1.02. The number of methoxy groups -OCH3 is 1. The molecule has 0 amide bonds. The average molecular weight is 259 g/mol. The average Bonchev–Trinajstić information content (AvgIpc) is 2.18.